The number of aliphatic hydroxyl groups excluding tert-OH is 1. The maximum atomic E-state index is 10.8. The molecule has 0 amide bonds. The number of aromatic nitrogens is 1. The van der Waals surface area contributed by atoms with Crippen molar-refractivity contribution in [1.29, 1.82) is 0 Å². The van der Waals surface area contributed by atoms with Crippen LogP contribution in [-0.2, 0) is 6.54 Å². The topological polar surface area (TPSA) is 82.5 Å². The molecule has 0 radical (unpaired) electrons. The average molecular weight is 264 g/mol. The molecule has 0 spiro atoms. The predicted molar refractivity (Wildman–Crippen MR) is 70.9 cm³/mol. The second-order valence-corrected chi connectivity index (χ2v) is 5.29. The lowest BCUT2D eigenvalue weighted by atomic mass is 9.87. The van der Waals surface area contributed by atoms with Crippen LogP contribution in [-0.4, -0.2) is 34.3 Å². The Morgan fingerprint density at radius 1 is 1.37 bits per heavy atom. The minimum absolute atomic E-state index is 0.00437. The summed E-state index contributed by atoms with van der Waals surface area (Å²) < 4.78 is 0. The molecule has 0 aliphatic heterocycles. The molecular formula is C14H20N2O3. The van der Waals surface area contributed by atoms with Gasteiger partial charge in [0.25, 0.3) is 0 Å². The highest BCUT2D eigenvalue weighted by Crippen LogP contribution is 2.36. The summed E-state index contributed by atoms with van der Waals surface area (Å²) in [5.41, 5.74) is 0.785. The van der Waals surface area contributed by atoms with E-state index < -0.39 is 5.97 Å². The first-order chi connectivity index (χ1) is 9.15. The normalized spacial score (nSPS) is 17.5. The standard InChI is InChI=1S/C14H20N2O3/c17-10-14(6-1-2-7-14)9-15-8-11-4-3-5-12(16-11)13(18)19/h3-5,15,17H,1-2,6-10H2,(H,18,19). The monoisotopic (exact) mass is 264 g/mol. The molecule has 1 aromatic rings. The number of carbonyl (C=O) groups is 1. The highest BCUT2D eigenvalue weighted by molar-refractivity contribution is 5.85. The third-order valence-corrected chi connectivity index (χ3v) is 3.83. The van der Waals surface area contributed by atoms with Gasteiger partial charge in [-0.15, -0.1) is 0 Å². The molecule has 2 rings (SSSR count). The molecule has 0 saturated heterocycles. The largest absolute Gasteiger partial charge is 0.477 e. The maximum Gasteiger partial charge on any atom is 0.354 e. The van der Waals surface area contributed by atoms with E-state index in [-0.39, 0.29) is 17.7 Å². The molecule has 0 atom stereocenters. The molecule has 0 aromatic carbocycles. The van der Waals surface area contributed by atoms with Gasteiger partial charge >= 0.3 is 5.97 Å². The summed E-state index contributed by atoms with van der Waals surface area (Å²) in [4.78, 5) is 14.9. The minimum atomic E-state index is -1.01. The van der Waals surface area contributed by atoms with Crippen molar-refractivity contribution in [2.75, 3.05) is 13.2 Å². The van der Waals surface area contributed by atoms with E-state index in [2.05, 4.69) is 10.3 Å². The van der Waals surface area contributed by atoms with E-state index in [1.54, 1.807) is 12.1 Å². The quantitative estimate of drug-likeness (QED) is 0.724. The molecule has 5 nitrogen and oxygen atoms in total. The summed E-state index contributed by atoms with van der Waals surface area (Å²) >= 11 is 0. The molecule has 0 bridgehead atoms. The highest BCUT2D eigenvalue weighted by atomic mass is 16.4. The van der Waals surface area contributed by atoms with Crippen LogP contribution in [0.4, 0.5) is 0 Å². The van der Waals surface area contributed by atoms with Crippen molar-refractivity contribution in [2.45, 2.75) is 32.2 Å². The second-order valence-electron chi connectivity index (χ2n) is 5.29. The van der Waals surface area contributed by atoms with Crippen molar-refractivity contribution in [3.05, 3.63) is 29.6 Å². The van der Waals surface area contributed by atoms with Crippen LogP contribution in [0.1, 0.15) is 41.9 Å². The van der Waals surface area contributed by atoms with E-state index in [1.807, 2.05) is 0 Å². The van der Waals surface area contributed by atoms with Crippen LogP contribution in [0.3, 0.4) is 0 Å². The number of carboxylic acids is 1. The zero-order chi connectivity index (χ0) is 13.7. The molecule has 1 aliphatic rings. The Morgan fingerprint density at radius 2 is 2.11 bits per heavy atom. The molecule has 0 unspecified atom stereocenters. The van der Waals surface area contributed by atoms with Crippen LogP contribution in [0.25, 0.3) is 0 Å². The Hall–Kier alpha value is -1.46. The SMILES string of the molecule is O=C(O)c1cccc(CNCC2(CO)CCCC2)n1. The van der Waals surface area contributed by atoms with Crippen LogP contribution in [0, 0.1) is 5.41 Å². The van der Waals surface area contributed by atoms with Crippen molar-refractivity contribution in [1.82, 2.24) is 10.3 Å². The van der Waals surface area contributed by atoms with Gasteiger partial charge in [-0.1, -0.05) is 18.9 Å². The summed E-state index contributed by atoms with van der Waals surface area (Å²) in [5.74, 6) is -1.01. The zero-order valence-electron chi connectivity index (χ0n) is 10.9. The molecule has 1 aromatic heterocycles. The molecule has 1 aliphatic carbocycles. The van der Waals surface area contributed by atoms with Crippen molar-refractivity contribution in [3.63, 3.8) is 0 Å². The molecule has 1 fully saturated rings. The summed E-state index contributed by atoms with van der Waals surface area (Å²) in [7, 11) is 0. The van der Waals surface area contributed by atoms with Gasteiger partial charge in [0, 0.05) is 25.1 Å². The van der Waals surface area contributed by atoms with Crippen molar-refractivity contribution in [2.24, 2.45) is 5.41 Å². The Balaban J connectivity index is 1.88. The van der Waals surface area contributed by atoms with Gasteiger partial charge in [-0.2, -0.15) is 0 Å². The molecule has 3 N–H and O–H groups in total. The lowest BCUT2D eigenvalue weighted by Crippen LogP contribution is -2.35. The van der Waals surface area contributed by atoms with Crippen molar-refractivity contribution < 1.29 is 15.0 Å². The van der Waals surface area contributed by atoms with Crippen LogP contribution < -0.4 is 5.32 Å². The van der Waals surface area contributed by atoms with E-state index in [0.717, 1.165) is 19.4 Å². The Bertz CT molecular complexity index is 442. The Morgan fingerprint density at radius 3 is 2.74 bits per heavy atom. The van der Waals surface area contributed by atoms with Gasteiger partial charge in [0.1, 0.15) is 5.69 Å². The number of hydrogen-bond acceptors (Lipinski definition) is 4. The number of nitrogens with zero attached hydrogens (tertiary/aromatic N) is 1. The van der Waals surface area contributed by atoms with Gasteiger partial charge in [-0.05, 0) is 25.0 Å². The fourth-order valence-corrected chi connectivity index (χ4v) is 2.67. The zero-order valence-corrected chi connectivity index (χ0v) is 10.9. The van der Waals surface area contributed by atoms with Gasteiger partial charge in [0.15, 0.2) is 0 Å². The van der Waals surface area contributed by atoms with Gasteiger partial charge in [-0.3, -0.25) is 0 Å². The van der Waals surface area contributed by atoms with Crippen LogP contribution >= 0.6 is 0 Å². The van der Waals surface area contributed by atoms with Crippen LogP contribution in [0.5, 0.6) is 0 Å². The fraction of sp³-hybridized carbons (Fsp3) is 0.571. The Kier molecular flexibility index (Phi) is 4.50. The number of aromatic carboxylic acids is 1. The highest BCUT2D eigenvalue weighted by Gasteiger charge is 2.32. The lowest BCUT2D eigenvalue weighted by Gasteiger charge is -2.26. The summed E-state index contributed by atoms with van der Waals surface area (Å²) in [5, 5.41) is 21.7. The van der Waals surface area contributed by atoms with Gasteiger partial charge < -0.3 is 15.5 Å². The number of nitrogens with one attached hydrogen (secondary N) is 1. The van der Waals surface area contributed by atoms with Gasteiger partial charge in [-0.25, -0.2) is 9.78 Å². The number of aliphatic hydroxyl groups is 1. The van der Waals surface area contributed by atoms with E-state index in [9.17, 15) is 9.90 Å². The van der Waals surface area contributed by atoms with Crippen LogP contribution in [0.15, 0.2) is 18.2 Å². The maximum absolute atomic E-state index is 10.8. The number of pyridine rings is 1. The number of carboxylic acid groups (broad SMARTS) is 1. The summed E-state index contributed by atoms with van der Waals surface area (Å²) in [6.07, 6.45) is 4.46. The predicted octanol–water partition coefficient (Wildman–Crippen LogP) is 1.42. The third-order valence-electron chi connectivity index (χ3n) is 3.83. The van der Waals surface area contributed by atoms with Crippen molar-refractivity contribution >= 4 is 5.97 Å². The van der Waals surface area contributed by atoms with Gasteiger partial charge in [0.2, 0.25) is 0 Å². The first-order valence-electron chi connectivity index (χ1n) is 6.66. The number of rotatable bonds is 6. The molecular weight excluding hydrogens is 244 g/mol. The average Bonchev–Trinajstić information content (AvgIpc) is 2.88. The number of hydrogen-bond donors (Lipinski definition) is 3. The summed E-state index contributed by atoms with van der Waals surface area (Å²) in [6, 6.07) is 4.99. The smallest absolute Gasteiger partial charge is 0.354 e. The van der Waals surface area contributed by atoms with E-state index in [0.29, 0.717) is 12.2 Å². The first-order valence-corrected chi connectivity index (χ1v) is 6.66. The van der Waals surface area contributed by atoms with Crippen LogP contribution in [0.2, 0.25) is 0 Å². The molecule has 104 valence electrons. The first kappa shape index (κ1) is 14.0. The fourth-order valence-electron chi connectivity index (χ4n) is 2.67. The molecule has 5 heteroatoms. The molecule has 1 heterocycles. The minimum Gasteiger partial charge on any atom is -0.477 e. The molecule has 19 heavy (non-hydrogen) atoms. The van der Waals surface area contributed by atoms with E-state index in [1.165, 1.54) is 18.9 Å². The van der Waals surface area contributed by atoms with E-state index in [4.69, 9.17) is 5.11 Å². The Labute approximate surface area is 112 Å². The molecule has 1 saturated carbocycles. The van der Waals surface area contributed by atoms with E-state index >= 15 is 0 Å². The lowest BCUT2D eigenvalue weighted by molar-refractivity contribution is 0.0690. The summed E-state index contributed by atoms with van der Waals surface area (Å²) in [6.45, 7) is 1.49. The van der Waals surface area contributed by atoms with Gasteiger partial charge in [0.05, 0.1) is 5.69 Å². The van der Waals surface area contributed by atoms with Crippen molar-refractivity contribution in [3.8, 4) is 0 Å². The third kappa shape index (κ3) is 3.52. The second kappa shape index (κ2) is 6.12.